The molecule has 1 heterocycles. The lowest BCUT2D eigenvalue weighted by atomic mass is 9.99. The van der Waals surface area contributed by atoms with Crippen LogP contribution in [0.4, 0.5) is 0 Å². The SMILES string of the molecule is Cc1nnc(CN[C@@H](Cc2ccccc2Cl)c2ccccc2)o1. The second kappa shape index (κ2) is 7.40. The second-order valence-electron chi connectivity index (χ2n) is 5.35. The van der Waals surface area contributed by atoms with E-state index in [1.165, 1.54) is 5.56 Å². The van der Waals surface area contributed by atoms with E-state index in [0.717, 1.165) is 17.0 Å². The average Bonchev–Trinajstić information content (AvgIpc) is 2.99. The molecule has 0 unspecified atom stereocenters. The lowest BCUT2D eigenvalue weighted by Crippen LogP contribution is -2.23. The van der Waals surface area contributed by atoms with Gasteiger partial charge in [0.05, 0.1) is 6.54 Å². The molecule has 0 aliphatic carbocycles. The molecule has 0 radical (unpaired) electrons. The first kappa shape index (κ1) is 15.7. The van der Waals surface area contributed by atoms with Crippen molar-refractivity contribution >= 4 is 11.6 Å². The standard InChI is InChI=1S/C18H18ClN3O/c1-13-21-22-18(23-13)12-20-17(14-7-3-2-4-8-14)11-15-9-5-6-10-16(15)19/h2-10,17,20H,11-12H2,1H3/t17-/m0/s1. The van der Waals surface area contributed by atoms with Gasteiger partial charge in [0.2, 0.25) is 11.8 Å². The molecule has 0 bridgehead atoms. The molecule has 0 saturated heterocycles. The molecule has 1 aromatic heterocycles. The number of aromatic nitrogens is 2. The maximum Gasteiger partial charge on any atom is 0.230 e. The van der Waals surface area contributed by atoms with Crippen LogP contribution in [-0.4, -0.2) is 10.2 Å². The Bertz CT molecular complexity index is 758. The Hall–Kier alpha value is -2.17. The number of nitrogens with zero attached hydrogens (tertiary/aromatic N) is 2. The summed E-state index contributed by atoms with van der Waals surface area (Å²) in [5.74, 6) is 1.16. The molecular weight excluding hydrogens is 310 g/mol. The van der Waals surface area contributed by atoms with E-state index in [4.69, 9.17) is 16.0 Å². The molecule has 0 aliphatic heterocycles. The van der Waals surface area contributed by atoms with Gasteiger partial charge in [-0.25, -0.2) is 0 Å². The fraction of sp³-hybridized carbons (Fsp3) is 0.222. The summed E-state index contributed by atoms with van der Waals surface area (Å²) in [7, 11) is 0. The van der Waals surface area contributed by atoms with Crippen molar-refractivity contribution in [1.29, 1.82) is 0 Å². The van der Waals surface area contributed by atoms with Crippen LogP contribution in [0.15, 0.2) is 59.0 Å². The zero-order valence-corrected chi connectivity index (χ0v) is 13.6. The third kappa shape index (κ3) is 4.18. The molecule has 1 atom stereocenters. The van der Waals surface area contributed by atoms with Gasteiger partial charge in [0, 0.05) is 18.0 Å². The molecule has 0 amide bonds. The summed E-state index contributed by atoms with van der Waals surface area (Å²) in [6.45, 7) is 2.31. The summed E-state index contributed by atoms with van der Waals surface area (Å²) in [6.07, 6.45) is 0.788. The largest absolute Gasteiger partial charge is 0.424 e. The normalized spacial score (nSPS) is 12.3. The van der Waals surface area contributed by atoms with E-state index in [2.05, 4.69) is 33.7 Å². The minimum atomic E-state index is 0.114. The van der Waals surface area contributed by atoms with Gasteiger partial charge in [-0.1, -0.05) is 60.1 Å². The number of halogens is 1. The van der Waals surface area contributed by atoms with Crippen molar-refractivity contribution in [2.75, 3.05) is 0 Å². The average molecular weight is 328 g/mol. The number of hydrogen-bond donors (Lipinski definition) is 1. The third-order valence-electron chi connectivity index (χ3n) is 3.65. The smallest absolute Gasteiger partial charge is 0.230 e. The Kier molecular flexibility index (Phi) is 5.05. The summed E-state index contributed by atoms with van der Waals surface area (Å²) in [5.41, 5.74) is 2.31. The van der Waals surface area contributed by atoms with E-state index >= 15 is 0 Å². The number of aryl methyl sites for hydroxylation is 1. The number of nitrogens with one attached hydrogen (secondary N) is 1. The highest BCUT2D eigenvalue weighted by Crippen LogP contribution is 2.23. The van der Waals surface area contributed by atoms with Crippen LogP contribution in [0.25, 0.3) is 0 Å². The van der Waals surface area contributed by atoms with E-state index < -0.39 is 0 Å². The van der Waals surface area contributed by atoms with Gasteiger partial charge in [0.1, 0.15) is 0 Å². The summed E-state index contributed by atoms with van der Waals surface area (Å²) >= 11 is 6.31. The van der Waals surface area contributed by atoms with Crippen LogP contribution in [0, 0.1) is 6.92 Å². The molecule has 4 nitrogen and oxygen atoms in total. The maximum absolute atomic E-state index is 6.31. The predicted octanol–water partition coefficient (Wildman–Crippen LogP) is 4.11. The highest BCUT2D eigenvalue weighted by Gasteiger charge is 2.15. The third-order valence-corrected chi connectivity index (χ3v) is 4.02. The molecule has 3 rings (SSSR count). The van der Waals surface area contributed by atoms with E-state index in [1.807, 2.05) is 36.4 Å². The van der Waals surface area contributed by atoms with Crippen molar-refractivity contribution in [1.82, 2.24) is 15.5 Å². The monoisotopic (exact) mass is 327 g/mol. The highest BCUT2D eigenvalue weighted by molar-refractivity contribution is 6.31. The van der Waals surface area contributed by atoms with E-state index in [-0.39, 0.29) is 6.04 Å². The Morgan fingerprint density at radius 2 is 1.78 bits per heavy atom. The van der Waals surface area contributed by atoms with Crippen LogP contribution in [0.3, 0.4) is 0 Å². The van der Waals surface area contributed by atoms with Gasteiger partial charge in [-0.2, -0.15) is 0 Å². The molecular formula is C18H18ClN3O. The van der Waals surface area contributed by atoms with Crippen molar-refractivity contribution in [3.05, 3.63) is 82.5 Å². The maximum atomic E-state index is 6.31. The summed E-state index contributed by atoms with van der Waals surface area (Å²) in [4.78, 5) is 0. The molecule has 1 N–H and O–H groups in total. The van der Waals surface area contributed by atoms with Gasteiger partial charge >= 0.3 is 0 Å². The lowest BCUT2D eigenvalue weighted by Gasteiger charge is -2.19. The first-order chi connectivity index (χ1) is 11.2. The predicted molar refractivity (Wildman–Crippen MR) is 90.2 cm³/mol. The van der Waals surface area contributed by atoms with Crippen LogP contribution < -0.4 is 5.32 Å². The quantitative estimate of drug-likeness (QED) is 0.740. The van der Waals surface area contributed by atoms with Crippen molar-refractivity contribution in [2.45, 2.75) is 25.9 Å². The van der Waals surface area contributed by atoms with Crippen molar-refractivity contribution in [2.24, 2.45) is 0 Å². The van der Waals surface area contributed by atoms with E-state index in [0.29, 0.717) is 18.3 Å². The topological polar surface area (TPSA) is 51.0 Å². The summed E-state index contributed by atoms with van der Waals surface area (Å²) in [5, 5.41) is 12.2. The van der Waals surface area contributed by atoms with Crippen LogP contribution in [-0.2, 0) is 13.0 Å². The van der Waals surface area contributed by atoms with Crippen molar-refractivity contribution in [3.8, 4) is 0 Å². The summed E-state index contributed by atoms with van der Waals surface area (Å²) in [6, 6.07) is 18.3. The van der Waals surface area contributed by atoms with Gasteiger partial charge in [-0.05, 0) is 23.6 Å². The van der Waals surface area contributed by atoms with Gasteiger partial charge in [0.15, 0.2) is 0 Å². The van der Waals surface area contributed by atoms with Crippen molar-refractivity contribution in [3.63, 3.8) is 0 Å². The van der Waals surface area contributed by atoms with E-state index in [1.54, 1.807) is 6.92 Å². The molecule has 0 saturated carbocycles. The number of hydrogen-bond acceptors (Lipinski definition) is 4. The molecule has 23 heavy (non-hydrogen) atoms. The van der Waals surface area contributed by atoms with Gasteiger partial charge < -0.3 is 9.73 Å². The van der Waals surface area contributed by atoms with Crippen LogP contribution >= 0.6 is 11.6 Å². The fourth-order valence-corrected chi connectivity index (χ4v) is 2.71. The fourth-order valence-electron chi connectivity index (χ4n) is 2.50. The lowest BCUT2D eigenvalue weighted by molar-refractivity contribution is 0.421. The van der Waals surface area contributed by atoms with Gasteiger partial charge in [-0.15, -0.1) is 10.2 Å². The minimum absolute atomic E-state index is 0.114. The van der Waals surface area contributed by atoms with Gasteiger partial charge in [0.25, 0.3) is 0 Å². The number of benzene rings is 2. The molecule has 118 valence electrons. The zero-order chi connectivity index (χ0) is 16.1. The van der Waals surface area contributed by atoms with Crippen LogP contribution in [0.2, 0.25) is 5.02 Å². The first-order valence-electron chi connectivity index (χ1n) is 7.53. The Morgan fingerprint density at radius 3 is 2.48 bits per heavy atom. The molecule has 0 aliphatic rings. The summed E-state index contributed by atoms with van der Waals surface area (Å²) < 4.78 is 5.43. The molecule has 2 aromatic carbocycles. The van der Waals surface area contributed by atoms with Gasteiger partial charge in [-0.3, -0.25) is 0 Å². The Balaban J connectivity index is 1.78. The Morgan fingerprint density at radius 1 is 1.04 bits per heavy atom. The molecule has 0 spiro atoms. The van der Waals surface area contributed by atoms with E-state index in [9.17, 15) is 0 Å². The minimum Gasteiger partial charge on any atom is -0.424 e. The van der Waals surface area contributed by atoms with Crippen LogP contribution in [0.5, 0.6) is 0 Å². The zero-order valence-electron chi connectivity index (χ0n) is 12.9. The number of rotatable bonds is 6. The molecule has 0 fully saturated rings. The van der Waals surface area contributed by atoms with Crippen LogP contribution in [0.1, 0.15) is 29.0 Å². The Labute approximate surface area is 140 Å². The highest BCUT2D eigenvalue weighted by atomic mass is 35.5. The molecule has 5 heteroatoms. The first-order valence-corrected chi connectivity index (χ1v) is 7.91. The van der Waals surface area contributed by atoms with Crippen molar-refractivity contribution < 1.29 is 4.42 Å². The second-order valence-corrected chi connectivity index (χ2v) is 5.76. The molecule has 3 aromatic rings.